The van der Waals surface area contributed by atoms with E-state index < -0.39 is 17.5 Å². The van der Waals surface area contributed by atoms with Crippen LogP contribution >= 0.6 is 0 Å². The normalized spacial score (nSPS) is 15.5. The first-order valence-electron chi connectivity index (χ1n) is 7.16. The van der Waals surface area contributed by atoms with Crippen molar-refractivity contribution in [2.75, 3.05) is 13.2 Å². The summed E-state index contributed by atoms with van der Waals surface area (Å²) in [6.07, 6.45) is 1.06. The van der Waals surface area contributed by atoms with Crippen LogP contribution in [0.1, 0.15) is 47.5 Å². The highest BCUT2D eigenvalue weighted by Gasteiger charge is 2.34. The second kappa shape index (κ2) is 8.79. The lowest BCUT2D eigenvalue weighted by atomic mass is 9.96. The molecule has 0 fully saturated rings. The maximum atomic E-state index is 12.0. The number of carbonyl (C=O) groups is 2. The van der Waals surface area contributed by atoms with Gasteiger partial charge in [0.25, 0.3) is 0 Å². The van der Waals surface area contributed by atoms with Crippen LogP contribution in [0.5, 0.6) is 0 Å². The molecule has 2 amide bonds. The Morgan fingerprint density at radius 3 is 2.30 bits per heavy atom. The minimum atomic E-state index is -1.24. The number of nitrogens with one attached hydrogen (secondary N) is 2. The van der Waals surface area contributed by atoms with Crippen LogP contribution in [0.15, 0.2) is 0 Å². The Balaban J connectivity index is 4.60. The molecule has 2 atom stereocenters. The zero-order valence-corrected chi connectivity index (χ0v) is 13.2. The van der Waals surface area contributed by atoms with Gasteiger partial charge in [-0.3, -0.25) is 0 Å². The van der Waals surface area contributed by atoms with Gasteiger partial charge >= 0.3 is 12.0 Å². The Labute approximate surface area is 121 Å². The number of carboxylic acid groups (broad SMARTS) is 1. The average Bonchev–Trinajstić information content (AvgIpc) is 2.33. The van der Waals surface area contributed by atoms with Crippen molar-refractivity contribution in [3.8, 4) is 0 Å². The number of urea groups is 1. The Morgan fingerprint density at radius 2 is 1.90 bits per heavy atom. The first-order chi connectivity index (χ1) is 9.26. The van der Waals surface area contributed by atoms with Crippen LogP contribution in [-0.4, -0.2) is 41.9 Å². The second-order valence-electron chi connectivity index (χ2n) is 5.50. The highest BCUT2D eigenvalue weighted by Crippen LogP contribution is 2.12. The van der Waals surface area contributed by atoms with Crippen molar-refractivity contribution in [3.63, 3.8) is 0 Å². The van der Waals surface area contributed by atoms with Gasteiger partial charge in [-0.15, -0.1) is 0 Å². The summed E-state index contributed by atoms with van der Waals surface area (Å²) in [6, 6.07) is -0.614. The molecule has 0 aliphatic heterocycles. The number of carboxylic acids is 1. The van der Waals surface area contributed by atoms with E-state index in [1.54, 1.807) is 0 Å². The van der Waals surface area contributed by atoms with E-state index in [9.17, 15) is 14.7 Å². The molecule has 118 valence electrons. The Bertz CT molecular complexity index is 320. The van der Waals surface area contributed by atoms with Crippen molar-refractivity contribution in [1.29, 1.82) is 0 Å². The van der Waals surface area contributed by atoms with Crippen LogP contribution < -0.4 is 10.6 Å². The van der Waals surface area contributed by atoms with Crippen LogP contribution in [0, 0.1) is 5.92 Å². The molecule has 0 aromatic carbocycles. The zero-order valence-electron chi connectivity index (χ0n) is 13.2. The van der Waals surface area contributed by atoms with Gasteiger partial charge in [0.15, 0.2) is 0 Å². The summed E-state index contributed by atoms with van der Waals surface area (Å²) in [6.45, 7) is 10.2. The standard InChI is InChI=1S/C14H28N2O4/c1-6-8-14(5,12(17)18)16-13(19)15-11(10(3)4)9-20-7-2/h10-11H,6-9H2,1-5H3,(H,17,18)(H2,15,16,19). The molecule has 0 aromatic heterocycles. The summed E-state index contributed by atoms with van der Waals surface area (Å²) in [5.74, 6) is -0.824. The van der Waals surface area contributed by atoms with E-state index in [2.05, 4.69) is 10.6 Å². The molecule has 0 aromatic rings. The first kappa shape index (κ1) is 18.7. The fourth-order valence-electron chi connectivity index (χ4n) is 1.82. The third kappa shape index (κ3) is 6.23. The lowest BCUT2D eigenvalue weighted by Crippen LogP contribution is -2.57. The Morgan fingerprint density at radius 1 is 1.30 bits per heavy atom. The summed E-state index contributed by atoms with van der Waals surface area (Å²) in [4.78, 5) is 23.2. The SMILES string of the molecule is CCCC(C)(NC(=O)NC(COCC)C(C)C)C(=O)O. The smallest absolute Gasteiger partial charge is 0.329 e. The molecule has 20 heavy (non-hydrogen) atoms. The van der Waals surface area contributed by atoms with Crippen LogP contribution in [0.2, 0.25) is 0 Å². The predicted octanol–water partition coefficient (Wildman–Crippen LogP) is 1.99. The highest BCUT2D eigenvalue weighted by molar-refractivity contribution is 5.85. The molecule has 0 aliphatic carbocycles. The number of carbonyl (C=O) groups excluding carboxylic acids is 1. The van der Waals surface area contributed by atoms with E-state index in [1.807, 2.05) is 27.7 Å². The average molecular weight is 288 g/mol. The summed E-state index contributed by atoms with van der Waals surface area (Å²) < 4.78 is 5.32. The van der Waals surface area contributed by atoms with Gasteiger partial charge in [0.1, 0.15) is 5.54 Å². The molecule has 0 aliphatic rings. The molecule has 0 spiro atoms. The quantitative estimate of drug-likeness (QED) is 0.605. The van der Waals surface area contributed by atoms with Crippen molar-refractivity contribution in [2.24, 2.45) is 5.92 Å². The van der Waals surface area contributed by atoms with Crippen LogP contribution in [0.4, 0.5) is 4.79 Å². The van der Waals surface area contributed by atoms with Gasteiger partial charge in [-0.25, -0.2) is 9.59 Å². The largest absolute Gasteiger partial charge is 0.480 e. The van der Waals surface area contributed by atoms with E-state index in [0.717, 1.165) is 0 Å². The van der Waals surface area contributed by atoms with Crippen molar-refractivity contribution in [3.05, 3.63) is 0 Å². The second-order valence-corrected chi connectivity index (χ2v) is 5.50. The van der Waals surface area contributed by atoms with Gasteiger partial charge in [-0.2, -0.15) is 0 Å². The molecular weight excluding hydrogens is 260 g/mol. The van der Waals surface area contributed by atoms with E-state index in [1.165, 1.54) is 6.92 Å². The molecular formula is C14H28N2O4. The van der Waals surface area contributed by atoms with Gasteiger partial charge in [0.2, 0.25) is 0 Å². The van der Waals surface area contributed by atoms with Crippen LogP contribution in [0.3, 0.4) is 0 Å². The van der Waals surface area contributed by atoms with E-state index in [0.29, 0.717) is 26.1 Å². The summed E-state index contributed by atoms with van der Waals surface area (Å²) in [5, 5.41) is 14.6. The van der Waals surface area contributed by atoms with E-state index in [4.69, 9.17) is 4.74 Å². The number of amides is 2. The zero-order chi connectivity index (χ0) is 15.8. The molecule has 0 saturated heterocycles. The van der Waals surface area contributed by atoms with Crippen molar-refractivity contribution in [2.45, 2.75) is 59.0 Å². The molecule has 6 heteroatoms. The predicted molar refractivity (Wildman–Crippen MR) is 77.7 cm³/mol. The monoisotopic (exact) mass is 288 g/mol. The van der Waals surface area contributed by atoms with Gasteiger partial charge in [0, 0.05) is 6.61 Å². The first-order valence-corrected chi connectivity index (χ1v) is 7.16. The number of hydrogen-bond acceptors (Lipinski definition) is 3. The summed E-state index contributed by atoms with van der Waals surface area (Å²) >= 11 is 0. The minimum Gasteiger partial charge on any atom is -0.480 e. The molecule has 6 nitrogen and oxygen atoms in total. The van der Waals surface area contributed by atoms with Gasteiger partial charge in [0.05, 0.1) is 12.6 Å². The Hall–Kier alpha value is -1.30. The van der Waals surface area contributed by atoms with Gasteiger partial charge in [-0.1, -0.05) is 27.2 Å². The van der Waals surface area contributed by atoms with Crippen molar-refractivity contribution in [1.82, 2.24) is 10.6 Å². The number of ether oxygens (including phenoxy) is 1. The molecule has 0 saturated carbocycles. The fraction of sp³-hybridized carbons (Fsp3) is 0.857. The third-order valence-electron chi connectivity index (χ3n) is 3.23. The molecule has 0 radical (unpaired) electrons. The molecule has 0 rings (SSSR count). The number of rotatable bonds is 9. The summed E-state index contributed by atoms with van der Waals surface area (Å²) in [7, 11) is 0. The Kier molecular flexibility index (Phi) is 8.22. The molecule has 0 heterocycles. The topological polar surface area (TPSA) is 87.7 Å². The van der Waals surface area contributed by atoms with Crippen LogP contribution in [0.25, 0.3) is 0 Å². The summed E-state index contributed by atoms with van der Waals surface area (Å²) in [5.41, 5.74) is -1.24. The number of hydrogen-bond donors (Lipinski definition) is 3. The lowest BCUT2D eigenvalue weighted by Gasteiger charge is -2.28. The molecule has 3 N–H and O–H groups in total. The van der Waals surface area contributed by atoms with Crippen molar-refractivity contribution >= 4 is 12.0 Å². The highest BCUT2D eigenvalue weighted by atomic mass is 16.5. The number of aliphatic carboxylic acids is 1. The third-order valence-corrected chi connectivity index (χ3v) is 3.23. The van der Waals surface area contributed by atoms with Crippen LogP contribution in [-0.2, 0) is 9.53 Å². The lowest BCUT2D eigenvalue weighted by molar-refractivity contribution is -0.144. The van der Waals surface area contributed by atoms with Gasteiger partial charge < -0.3 is 20.5 Å². The van der Waals surface area contributed by atoms with E-state index in [-0.39, 0.29) is 12.0 Å². The molecule has 0 bridgehead atoms. The minimum absolute atomic E-state index is 0.144. The van der Waals surface area contributed by atoms with Gasteiger partial charge in [-0.05, 0) is 26.2 Å². The maximum Gasteiger partial charge on any atom is 0.329 e. The van der Waals surface area contributed by atoms with E-state index >= 15 is 0 Å². The fourth-order valence-corrected chi connectivity index (χ4v) is 1.82. The van der Waals surface area contributed by atoms with Crippen molar-refractivity contribution < 1.29 is 19.4 Å². The molecule has 2 unspecified atom stereocenters. The maximum absolute atomic E-state index is 12.0.